The van der Waals surface area contributed by atoms with Crippen molar-refractivity contribution < 1.29 is 28.6 Å². The Kier molecular flexibility index (Phi) is 17.1. The van der Waals surface area contributed by atoms with E-state index in [2.05, 4.69) is 39.0 Å². The van der Waals surface area contributed by atoms with Gasteiger partial charge < -0.3 is 30.7 Å². The summed E-state index contributed by atoms with van der Waals surface area (Å²) in [5, 5.41) is 11.0. The highest BCUT2D eigenvalue weighted by Gasteiger charge is 2.37. The van der Waals surface area contributed by atoms with Crippen LogP contribution in [0.2, 0.25) is 0 Å². The number of carbonyl (C=O) groups is 4. The maximum Gasteiger partial charge on any atom is 0.223 e. The number of hydrogen-bond acceptors (Lipinski definition) is 6. The van der Waals surface area contributed by atoms with Crippen molar-refractivity contribution in [2.75, 3.05) is 19.6 Å². The van der Waals surface area contributed by atoms with Gasteiger partial charge in [0.2, 0.25) is 23.6 Å². The molecule has 1 rings (SSSR count). The van der Waals surface area contributed by atoms with E-state index in [1.165, 1.54) is 0 Å². The smallest absolute Gasteiger partial charge is 0.223 e. The normalized spacial score (nSPS) is 18.6. The third-order valence-electron chi connectivity index (χ3n) is 7.54. The summed E-state index contributed by atoms with van der Waals surface area (Å²) >= 11 is 5.36. The van der Waals surface area contributed by atoms with E-state index in [1.807, 2.05) is 13.8 Å². The first-order chi connectivity index (χ1) is 19.9. The Bertz CT molecular complexity index is 1020. The van der Waals surface area contributed by atoms with Gasteiger partial charge in [-0.2, -0.15) is 0 Å². The van der Waals surface area contributed by atoms with Gasteiger partial charge in [-0.1, -0.05) is 31.6 Å². The van der Waals surface area contributed by atoms with E-state index >= 15 is 0 Å². The van der Waals surface area contributed by atoms with Gasteiger partial charge >= 0.3 is 0 Å². The zero-order chi connectivity index (χ0) is 31.6. The van der Waals surface area contributed by atoms with Gasteiger partial charge in [0.15, 0.2) is 6.49 Å². The second-order valence-corrected chi connectivity index (χ2v) is 14.4. The molecule has 1 aliphatic rings. The standard InChI is InChI=1S/C30H45N4O6PS/c1-6-20-31-26(35)14-17-30(18-15-27(36)32-21-7-2,19-16-28(37)33-22-8-3)34-29(38)24-10-12-25(13-11-24)40-41(39,42)23(5)9-4/h1-3,23-25H,9-22H2,4-5H3,(H,31,35)(H,32,36)(H,33,37)(H,34,38)(H,39,42). The van der Waals surface area contributed by atoms with Crippen LogP contribution in [0.4, 0.5) is 0 Å². The van der Waals surface area contributed by atoms with Crippen LogP contribution in [0.15, 0.2) is 0 Å². The summed E-state index contributed by atoms with van der Waals surface area (Å²) in [4.78, 5) is 61.6. The van der Waals surface area contributed by atoms with Gasteiger partial charge in [0.25, 0.3) is 0 Å². The van der Waals surface area contributed by atoms with E-state index < -0.39 is 12.0 Å². The lowest BCUT2D eigenvalue weighted by Gasteiger charge is -2.38. The maximum atomic E-state index is 13.6. The number of rotatable bonds is 18. The van der Waals surface area contributed by atoms with Crippen LogP contribution in [0.3, 0.4) is 0 Å². The van der Waals surface area contributed by atoms with Crippen molar-refractivity contribution in [3.8, 4) is 37.0 Å². The van der Waals surface area contributed by atoms with Crippen molar-refractivity contribution >= 4 is 41.9 Å². The average Bonchev–Trinajstić information content (AvgIpc) is 2.97. The Labute approximate surface area is 255 Å². The van der Waals surface area contributed by atoms with Crippen LogP contribution in [-0.2, 0) is 35.5 Å². The Morgan fingerprint density at radius 3 is 1.64 bits per heavy atom. The fourth-order valence-electron chi connectivity index (χ4n) is 4.68. The summed E-state index contributed by atoms with van der Waals surface area (Å²) in [6, 6.07) is 0. The zero-order valence-corrected chi connectivity index (χ0v) is 26.4. The molecule has 2 atom stereocenters. The Morgan fingerprint density at radius 1 is 0.881 bits per heavy atom. The summed E-state index contributed by atoms with van der Waals surface area (Å²) in [7, 11) is 0. The minimum Gasteiger partial charge on any atom is -0.350 e. The third kappa shape index (κ3) is 13.9. The first kappa shape index (κ1) is 37.2. The van der Waals surface area contributed by atoms with Crippen LogP contribution < -0.4 is 21.3 Å². The van der Waals surface area contributed by atoms with Gasteiger partial charge in [-0.15, -0.1) is 19.3 Å². The first-order valence-electron chi connectivity index (χ1n) is 14.3. The Balaban J connectivity index is 3.09. The van der Waals surface area contributed by atoms with Crippen LogP contribution in [0.1, 0.15) is 84.5 Å². The minimum absolute atomic E-state index is 0.0250. The largest absolute Gasteiger partial charge is 0.350 e. The lowest BCUT2D eigenvalue weighted by molar-refractivity contribution is -0.131. The number of hydrogen-bond donors (Lipinski definition) is 5. The van der Waals surface area contributed by atoms with Crippen molar-refractivity contribution in [1.29, 1.82) is 0 Å². The van der Waals surface area contributed by atoms with E-state index in [4.69, 9.17) is 35.6 Å². The number of terminal acetylenes is 3. The van der Waals surface area contributed by atoms with Crippen molar-refractivity contribution in [3.63, 3.8) is 0 Å². The number of nitrogens with one attached hydrogen (secondary N) is 4. The molecule has 0 bridgehead atoms. The van der Waals surface area contributed by atoms with E-state index in [9.17, 15) is 24.1 Å². The summed E-state index contributed by atoms with van der Waals surface area (Å²) in [6.45, 7) is 1.09. The molecule has 0 aromatic rings. The molecule has 0 radical (unpaired) electrons. The minimum atomic E-state index is -2.93. The molecule has 0 spiro atoms. The number of amides is 4. The van der Waals surface area contributed by atoms with Gasteiger partial charge in [0.05, 0.1) is 25.7 Å². The SMILES string of the molecule is C#CCNC(=O)CCC(CCC(=O)NCC#C)(CCC(=O)NCC#C)NC(=O)C1CCC(OP(O)(=S)C(C)CC)CC1. The fourth-order valence-corrected chi connectivity index (χ4v) is 6.80. The van der Waals surface area contributed by atoms with Crippen molar-refractivity contribution in [2.45, 2.75) is 102 Å². The zero-order valence-electron chi connectivity index (χ0n) is 24.7. The molecule has 4 amide bonds. The highest BCUT2D eigenvalue weighted by molar-refractivity contribution is 8.09. The highest BCUT2D eigenvalue weighted by atomic mass is 32.5. The lowest BCUT2D eigenvalue weighted by Crippen LogP contribution is -2.52. The Hall–Kier alpha value is -2.87. The van der Waals surface area contributed by atoms with Gasteiger partial charge in [-0.3, -0.25) is 19.2 Å². The maximum absolute atomic E-state index is 13.6. The highest BCUT2D eigenvalue weighted by Crippen LogP contribution is 2.51. The van der Waals surface area contributed by atoms with Crippen molar-refractivity contribution in [3.05, 3.63) is 0 Å². The number of carbonyl (C=O) groups excluding carboxylic acids is 4. The molecular weight excluding hydrogens is 575 g/mol. The molecule has 232 valence electrons. The molecule has 2 unspecified atom stereocenters. The molecule has 5 N–H and O–H groups in total. The molecule has 1 saturated carbocycles. The molecule has 10 nitrogen and oxygen atoms in total. The summed E-state index contributed by atoms with van der Waals surface area (Å²) < 4.78 is 5.93. The summed E-state index contributed by atoms with van der Waals surface area (Å²) in [5.74, 6) is 5.55. The van der Waals surface area contributed by atoms with Gasteiger partial charge in [0, 0.05) is 36.4 Å². The van der Waals surface area contributed by atoms with Crippen LogP contribution >= 0.6 is 6.49 Å². The molecule has 1 fully saturated rings. The fraction of sp³-hybridized carbons (Fsp3) is 0.667. The van der Waals surface area contributed by atoms with E-state index in [0.717, 1.165) is 6.42 Å². The first-order valence-corrected chi connectivity index (χ1v) is 17.1. The van der Waals surface area contributed by atoms with Crippen LogP contribution in [0.25, 0.3) is 0 Å². The molecule has 1 aliphatic carbocycles. The van der Waals surface area contributed by atoms with Crippen molar-refractivity contribution in [2.24, 2.45) is 5.92 Å². The van der Waals surface area contributed by atoms with Gasteiger partial charge in [-0.05, 0) is 63.2 Å². The topological polar surface area (TPSA) is 146 Å². The molecule has 42 heavy (non-hydrogen) atoms. The molecule has 0 aromatic heterocycles. The predicted octanol–water partition coefficient (Wildman–Crippen LogP) is 2.11. The molecule has 0 saturated heterocycles. The lowest BCUT2D eigenvalue weighted by atomic mass is 9.81. The van der Waals surface area contributed by atoms with Crippen LogP contribution in [0, 0.1) is 42.9 Å². The van der Waals surface area contributed by atoms with Crippen LogP contribution in [0.5, 0.6) is 0 Å². The Morgan fingerprint density at radius 2 is 1.29 bits per heavy atom. The van der Waals surface area contributed by atoms with E-state index in [0.29, 0.717) is 25.7 Å². The third-order valence-corrected chi connectivity index (χ3v) is 11.0. The second kappa shape index (κ2) is 19.3. The summed E-state index contributed by atoms with van der Waals surface area (Å²) in [5.41, 5.74) is -1.15. The van der Waals surface area contributed by atoms with E-state index in [1.54, 1.807) is 0 Å². The van der Waals surface area contributed by atoms with Crippen LogP contribution in [-0.4, -0.2) is 65.5 Å². The molecule has 12 heteroatoms. The molecule has 0 heterocycles. The predicted molar refractivity (Wildman–Crippen MR) is 167 cm³/mol. The average molecular weight is 621 g/mol. The van der Waals surface area contributed by atoms with Gasteiger partial charge in [0.1, 0.15) is 0 Å². The van der Waals surface area contributed by atoms with E-state index in [-0.39, 0.29) is 99.5 Å². The molecule has 0 aliphatic heterocycles. The summed E-state index contributed by atoms with van der Waals surface area (Å²) in [6.07, 6.45) is 19.0. The van der Waals surface area contributed by atoms with Crippen molar-refractivity contribution in [1.82, 2.24) is 21.3 Å². The monoisotopic (exact) mass is 620 g/mol. The van der Waals surface area contributed by atoms with Gasteiger partial charge in [-0.25, -0.2) is 0 Å². The molecule has 0 aromatic carbocycles. The second-order valence-electron chi connectivity index (χ2n) is 10.6. The quantitative estimate of drug-likeness (QED) is 0.117. The molecular formula is C30H45N4O6PS.